The van der Waals surface area contributed by atoms with Crippen molar-refractivity contribution in [2.24, 2.45) is 0 Å². The van der Waals surface area contributed by atoms with Crippen LogP contribution in [0.25, 0.3) is 10.1 Å². The summed E-state index contributed by atoms with van der Waals surface area (Å²) in [5, 5.41) is 18.7. The fourth-order valence-electron chi connectivity index (χ4n) is 1.22. The molecule has 1 aromatic carbocycles. The lowest BCUT2D eigenvalue weighted by Crippen LogP contribution is -2.26. The maximum atomic E-state index is 13.3. The largest absolute Gasteiger partial charge is 0.499 e. The minimum absolute atomic E-state index is 0.298. The Balaban J connectivity index is 2.70. The van der Waals surface area contributed by atoms with Crippen LogP contribution in [0.15, 0.2) is 18.2 Å². The molecule has 0 saturated heterocycles. The van der Waals surface area contributed by atoms with Crippen molar-refractivity contribution in [3.63, 3.8) is 0 Å². The Hall–Kier alpha value is -0.615. The summed E-state index contributed by atoms with van der Waals surface area (Å²) in [6.07, 6.45) is 0. The van der Waals surface area contributed by atoms with E-state index in [0.717, 1.165) is 11.3 Å². The maximum absolute atomic E-state index is 13.3. The van der Waals surface area contributed by atoms with Crippen LogP contribution in [0, 0.1) is 5.82 Å². The topological polar surface area (TPSA) is 40.5 Å². The van der Waals surface area contributed by atoms with Crippen LogP contribution in [0.2, 0.25) is 5.02 Å². The van der Waals surface area contributed by atoms with E-state index in [0.29, 0.717) is 19.9 Å². The summed E-state index contributed by atoms with van der Waals surface area (Å²) < 4.78 is 14.0. The lowest BCUT2D eigenvalue weighted by molar-refractivity contribution is 0.427. The first kappa shape index (κ1) is 9.92. The zero-order valence-electron chi connectivity index (χ0n) is 6.87. The number of halogens is 2. The van der Waals surface area contributed by atoms with Crippen molar-refractivity contribution < 1.29 is 14.4 Å². The Morgan fingerprint density at radius 3 is 2.64 bits per heavy atom. The number of hydrogen-bond acceptors (Lipinski definition) is 3. The van der Waals surface area contributed by atoms with Gasteiger partial charge < -0.3 is 10.0 Å². The molecular weight excluding hydrogens is 225 g/mol. The predicted molar refractivity (Wildman–Crippen MR) is 56.6 cm³/mol. The first-order valence-electron chi connectivity index (χ1n) is 3.82. The molecule has 0 unspecified atom stereocenters. The third-order valence-corrected chi connectivity index (χ3v) is 3.23. The van der Waals surface area contributed by atoms with Crippen molar-refractivity contribution in [1.82, 2.24) is 0 Å². The molecule has 0 spiro atoms. The molecule has 1 heterocycles. The third-order valence-electron chi connectivity index (χ3n) is 1.81. The highest BCUT2D eigenvalue weighted by atomic mass is 35.5. The summed E-state index contributed by atoms with van der Waals surface area (Å²) in [6.45, 7) is 0. The van der Waals surface area contributed by atoms with E-state index in [1.54, 1.807) is 6.07 Å². The summed E-state index contributed by atoms with van der Waals surface area (Å²) in [7, 11) is -1.56. The van der Waals surface area contributed by atoms with Crippen molar-refractivity contribution in [3.8, 4) is 0 Å². The smallest absolute Gasteiger partial charge is 0.423 e. The maximum Gasteiger partial charge on any atom is 0.499 e. The highest BCUT2D eigenvalue weighted by Crippen LogP contribution is 2.26. The van der Waals surface area contributed by atoms with Gasteiger partial charge in [-0.2, -0.15) is 0 Å². The van der Waals surface area contributed by atoms with Gasteiger partial charge in [0.2, 0.25) is 0 Å². The Morgan fingerprint density at radius 1 is 1.29 bits per heavy atom. The van der Waals surface area contributed by atoms with Crippen LogP contribution in [0.4, 0.5) is 4.39 Å². The highest BCUT2D eigenvalue weighted by Gasteiger charge is 2.16. The van der Waals surface area contributed by atoms with E-state index in [9.17, 15) is 4.39 Å². The first-order valence-corrected chi connectivity index (χ1v) is 5.02. The summed E-state index contributed by atoms with van der Waals surface area (Å²) in [5.74, 6) is -0.440. The zero-order chi connectivity index (χ0) is 10.3. The summed E-state index contributed by atoms with van der Waals surface area (Å²) in [6, 6.07) is 4.30. The molecular formula is C8H5BClFO2S. The molecule has 0 aliphatic carbocycles. The number of benzene rings is 1. The minimum Gasteiger partial charge on any atom is -0.423 e. The average Bonchev–Trinajstić information content (AvgIpc) is 2.47. The molecule has 1 aromatic heterocycles. The van der Waals surface area contributed by atoms with Crippen molar-refractivity contribution in [3.05, 3.63) is 29.0 Å². The third kappa shape index (κ3) is 1.64. The Morgan fingerprint density at radius 2 is 2.00 bits per heavy atom. The van der Waals surface area contributed by atoms with Gasteiger partial charge in [0.25, 0.3) is 0 Å². The number of hydrogen-bond donors (Lipinski definition) is 2. The van der Waals surface area contributed by atoms with Crippen LogP contribution < -0.4 is 4.78 Å². The number of fused-ring (bicyclic) bond motifs is 1. The van der Waals surface area contributed by atoms with Gasteiger partial charge in [0.1, 0.15) is 5.82 Å². The van der Waals surface area contributed by atoms with Crippen molar-refractivity contribution >= 4 is 44.9 Å². The predicted octanol–water partition coefficient (Wildman–Crippen LogP) is 1.37. The fraction of sp³-hybridized carbons (Fsp3) is 0. The monoisotopic (exact) mass is 230 g/mol. The van der Waals surface area contributed by atoms with Crippen molar-refractivity contribution in [1.29, 1.82) is 0 Å². The number of rotatable bonds is 1. The fourth-order valence-corrected chi connectivity index (χ4v) is 2.36. The second kappa shape index (κ2) is 3.51. The van der Waals surface area contributed by atoms with Gasteiger partial charge in [-0.15, -0.1) is 11.3 Å². The van der Waals surface area contributed by atoms with Crippen LogP contribution in [0.3, 0.4) is 0 Å². The van der Waals surface area contributed by atoms with Gasteiger partial charge in [-0.1, -0.05) is 11.6 Å². The van der Waals surface area contributed by atoms with Crippen LogP contribution in [0.5, 0.6) is 0 Å². The Labute approximate surface area is 88.7 Å². The average molecular weight is 230 g/mol. The van der Waals surface area contributed by atoms with E-state index in [-0.39, 0.29) is 0 Å². The summed E-state index contributed by atoms with van der Waals surface area (Å²) in [5.41, 5.74) is 0. The van der Waals surface area contributed by atoms with Crippen LogP contribution in [-0.4, -0.2) is 17.2 Å². The molecule has 2 nitrogen and oxygen atoms in total. The van der Waals surface area contributed by atoms with Crippen molar-refractivity contribution in [2.75, 3.05) is 0 Å². The molecule has 0 atom stereocenters. The molecule has 0 bridgehead atoms. The molecule has 6 heteroatoms. The Bertz CT molecular complexity index is 485. The van der Waals surface area contributed by atoms with Gasteiger partial charge >= 0.3 is 7.12 Å². The van der Waals surface area contributed by atoms with Crippen LogP contribution in [0.1, 0.15) is 0 Å². The zero-order valence-corrected chi connectivity index (χ0v) is 8.44. The van der Waals surface area contributed by atoms with E-state index in [1.807, 2.05) is 0 Å². The number of thiophene rings is 1. The van der Waals surface area contributed by atoms with E-state index in [4.69, 9.17) is 21.6 Å². The van der Waals surface area contributed by atoms with Gasteiger partial charge in [-0.25, -0.2) is 4.39 Å². The molecule has 0 aliphatic heterocycles. The summed E-state index contributed by atoms with van der Waals surface area (Å²) in [4.78, 5) is 0. The minimum atomic E-state index is -1.56. The highest BCUT2D eigenvalue weighted by molar-refractivity contribution is 7.27. The van der Waals surface area contributed by atoms with E-state index >= 15 is 0 Å². The molecule has 0 fully saturated rings. The molecule has 0 saturated carbocycles. The lowest BCUT2D eigenvalue weighted by Gasteiger charge is -1.92. The normalized spacial score (nSPS) is 10.9. The van der Waals surface area contributed by atoms with Gasteiger partial charge in [0, 0.05) is 9.80 Å². The lowest BCUT2D eigenvalue weighted by atomic mass is 9.89. The van der Waals surface area contributed by atoms with Crippen molar-refractivity contribution in [2.45, 2.75) is 0 Å². The van der Waals surface area contributed by atoms with E-state index in [1.165, 1.54) is 12.1 Å². The SMILES string of the molecule is OB(O)c1cc2cc(Cl)cc(F)c2s1. The van der Waals surface area contributed by atoms with Gasteiger partial charge in [-0.3, -0.25) is 0 Å². The molecule has 0 aliphatic rings. The standard InChI is InChI=1S/C8H5BClFO2S/c10-5-1-4-2-7(9(12)13)14-8(4)6(11)3-5/h1-3,12-13H. The second-order valence-electron chi connectivity index (χ2n) is 2.83. The van der Waals surface area contributed by atoms with E-state index < -0.39 is 12.9 Å². The van der Waals surface area contributed by atoms with Gasteiger partial charge in [-0.05, 0) is 23.6 Å². The molecule has 14 heavy (non-hydrogen) atoms. The Kier molecular flexibility index (Phi) is 2.49. The van der Waals surface area contributed by atoms with E-state index in [2.05, 4.69) is 0 Å². The summed E-state index contributed by atoms with van der Waals surface area (Å²) >= 11 is 6.66. The molecule has 2 aromatic rings. The molecule has 2 rings (SSSR count). The van der Waals surface area contributed by atoms with Gasteiger partial charge in [0.05, 0.1) is 4.70 Å². The quantitative estimate of drug-likeness (QED) is 0.727. The van der Waals surface area contributed by atoms with Crippen LogP contribution >= 0.6 is 22.9 Å². The molecule has 2 N–H and O–H groups in total. The second-order valence-corrected chi connectivity index (χ2v) is 4.35. The first-order chi connectivity index (χ1) is 6.58. The van der Waals surface area contributed by atoms with Gasteiger partial charge in [0.15, 0.2) is 0 Å². The molecule has 0 radical (unpaired) electrons. The molecule has 72 valence electrons. The molecule has 0 amide bonds. The van der Waals surface area contributed by atoms with Crippen LogP contribution in [-0.2, 0) is 0 Å².